The first-order valence-electron chi connectivity index (χ1n) is 9.01. The van der Waals surface area contributed by atoms with Crippen LogP contribution in [0.2, 0.25) is 5.02 Å². The van der Waals surface area contributed by atoms with Crippen molar-refractivity contribution >= 4 is 33.2 Å². The Labute approximate surface area is 169 Å². The fourth-order valence-corrected chi connectivity index (χ4v) is 4.86. The Kier molecular flexibility index (Phi) is 6.26. The van der Waals surface area contributed by atoms with Crippen molar-refractivity contribution < 1.29 is 17.9 Å². The van der Waals surface area contributed by atoms with Crippen LogP contribution in [0, 0.1) is 5.92 Å². The van der Waals surface area contributed by atoms with Gasteiger partial charge in [0.05, 0.1) is 24.4 Å². The predicted molar refractivity (Wildman–Crippen MR) is 106 cm³/mol. The van der Waals surface area contributed by atoms with Gasteiger partial charge in [-0.3, -0.25) is 4.79 Å². The Bertz CT molecular complexity index is 960. The Morgan fingerprint density at radius 3 is 2.86 bits per heavy atom. The number of rotatable bonds is 6. The monoisotopic (exact) mass is 426 g/mol. The Morgan fingerprint density at radius 1 is 1.43 bits per heavy atom. The second kappa shape index (κ2) is 8.50. The molecule has 2 heterocycles. The van der Waals surface area contributed by atoms with Gasteiger partial charge in [-0.25, -0.2) is 13.4 Å². The van der Waals surface area contributed by atoms with Crippen molar-refractivity contribution in [3.05, 3.63) is 35.7 Å². The van der Waals surface area contributed by atoms with E-state index in [0.29, 0.717) is 42.4 Å². The molecular formula is C18H23ClN4O4S. The van der Waals surface area contributed by atoms with Crippen LogP contribution in [-0.4, -0.2) is 48.4 Å². The van der Waals surface area contributed by atoms with E-state index in [4.69, 9.17) is 16.3 Å². The lowest BCUT2D eigenvalue weighted by molar-refractivity contribution is -0.120. The quantitative estimate of drug-likeness (QED) is 0.766. The molecule has 152 valence electrons. The predicted octanol–water partition coefficient (Wildman–Crippen LogP) is 2.60. The molecule has 10 heteroatoms. The van der Waals surface area contributed by atoms with E-state index in [-0.39, 0.29) is 17.5 Å². The van der Waals surface area contributed by atoms with Gasteiger partial charge in [0.25, 0.3) is 10.0 Å². The number of halogens is 1. The fraction of sp³-hybridized carbons (Fsp3) is 0.444. The number of methoxy groups -OCH3 is 1. The number of benzene rings is 1. The zero-order valence-electron chi connectivity index (χ0n) is 15.8. The SMILES string of the molecule is CCn1cnc(S(=O)(=O)N2CCCC(C(=O)Nc3ccc(OC)c(Cl)c3)C2)c1. The fourth-order valence-electron chi connectivity index (χ4n) is 3.14. The molecule has 3 rings (SSSR count). The van der Waals surface area contributed by atoms with Crippen LogP contribution >= 0.6 is 11.6 Å². The smallest absolute Gasteiger partial charge is 0.262 e. The topological polar surface area (TPSA) is 93.5 Å². The summed E-state index contributed by atoms with van der Waals surface area (Å²) in [6, 6.07) is 4.96. The molecule has 0 bridgehead atoms. The van der Waals surface area contributed by atoms with Crippen molar-refractivity contribution in [3.63, 3.8) is 0 Å². The Balaban J connectivity index is 1.70. The van der Waals surface area contributed by atoms with Crippen LogP contribution in [0.4, 0.5) is 5.69 Å². The van der Waals surface area contributed by atoms with E-state index in [1.807, 2.05) is 6.92 Å². The lowest BCUT2D eigenvalue weighted by atomic mass is 9.98. The Hall–Kier alpha value is -2.10. The third-order valence-electron chi connectivity index (χ3n) is 4.75. The summed E-state index contributed by atoms with van der Waals surface area (Å²) in [6.45, 7) is 3.04. The van der Waals surface area contributed by atoms with Crippen LogP contribution in [0.5, 0.6) is 5.75 Å². The van der Waals surface area contributed by atoms with Crippen molar-refractivity contribution in [1.29, 1.82) is 0 Å². The normalized spacial score (nSPS) is 18.0. The average Bonchev–Trinajstić information content (AvgIpc) is 3.18. The van der Waals surface area contributed by atoms with E-state index in [0.717, 1.165) is 0 Å². The number of nitrogens with zero attached hydrogens (tertiary/aromatic N) is 3. The largest absolute Gasteiger partial charge is 0.495 e. The molecule has 1 fully saturated rings. The number of imidazole rings is 1. The molecule has 1 N–H and O–H groups in total. The van der Waals surface area contributed by atoms with Gasteiger partial charge in [-0.05, 0) is 38.0 Å². The number of carbonyl (C=O) groups excluding carboxylic acids is 1. The van der Waals surface area contributed by atoms with Gasteiger partial charge in [-0.15, -0.1) is 0 Å². The molecule has 2 aromatic rings. The highest BCUT2D eigenvalue weighted by Crippen LogP contribution is 2.28. The van der Waals surface area contributed by atoms with Gasteiger partial charge in [0.15, 0.2) is 5.03 Å². The molecule has 1 aliphatic rings. The van der Waals surface area contributed by atoms with Gasteiger partial charge in [0.1, 0.15) is 5.75 Å². The highest BCUT2D eigenvalue weighted by Gasteiger charge is 2.34. The molecule has 1 aromatic carbocycles. The van der Waals surface area contributed by atoms with Crippen LogP contribution in [-0.2, 0) is 21.4 Å². The summed E-state index contributed by atoms with van der Waals surface area (Å²) < 4.78 is 33.8. The number of ether oxygens (including phenoxy) is 1. The first kappa shape index (κ1) is 20.6. The van der Waals surface area contributed by atoms with Crippen LogP contribution in [0.1, 0.15) is 19.8 Å². The standard InChI is InChI=1S/C18H23ClN4O4S/c1-3-22-11-17(20-12-22)28(25,26)23-8-4-5-13(10-23)18(24)21-14-6-7-16(27-2)15(19)9-14/h6-7,9,11-13H,3-5,8,10H2,1-2H3,(H,21,24). The maximum absolute atomic E-state index is 12.8. The number of nitrogens with one attached hydrogen (secondary N) is 1. The van der Waals surface area contributed by atoms with Gasteiger partial charge >= 0.3 is 0 Å². The van der Waals surface area contributed by atoms with Crippen molar-refractivity contribution in [3.8, 4) is 5.75 Å². The molecule has 28 heavy (non-hydrogen) atoms. The lowest BCUT2D eigenvalue weighted by Crippen LogP contribution is -2.43. The minimum Gasteiger partial charge on any atom is -0.495 e. The molecule has 0 radical (unpaired) electrons. The highest BCUT2D eigenvalue weighted by atomic mass is 35.5. The molecule has 8 nitrogen and oxygen atoms in total. The summed E-state index contributed by atoms with van der Waals surface area (Å²) in [4.78, 5) is 16.7. The van der Waals surface area contributed by atoms with Gasteiger partial charge in [0.2, 0.25) is 5.91 Å². The van der Waals surface area contributed by atoms with Gasteiger partial charge < -0.3 is 14.6 Å². The molecule has 1 unspecified atom stereocenters. The summed E-state index contributed by atoms with van der Waals surface area (Å²) in [5, 5.41) is 3.21. The highest BCUT2D eigenvalue weighted by molar-refractivity contribution is 7.89. The van der Waals surface area contributed by atoms with Crippen LogP contribution in [0.25, 0.3) is 0 Å². The maximum atomic E-state index is 12.8. The summed E-state index contributed by atoms with van der Waals surface area (Å²) >= 11 is 6.09. The van der Waals surface area contributed by atoms with Gasteiger partial charge in [0, 0.05) is 31.5 Å². The van der Waals surface area contributed by atoms with Crippen molar-refractivity contribution in [2.24, 2.45) is 5.92 Å². The second-order valence-electron chi connectivity index (χ2n) is 6.58. The van der Waals surface area contributed by atoms with E-state index >= 15 is 0 Å². The number of amides is 1. The number of aromatic nitrogens is 2. The van der Waals surface area contributed by atoms with Crippen LogP contribution in [0.15, 0.2) is 35.7 Å². The number of hydrogen-bond donors (Lipinski definition) is 1. The van der Waals surface area contributed by atoms with E-state index in [2.05, 4.69) is 10.3 Å². The minimum atomic E-state index is -3.72. The maximum Gasteiger partial charge on any atom is 0.262 e. The first-order chi connectivity index (χ1) is 13.3. The zero-order chi connectivity index (χ0) is 20.3. The number of aryl methyl sites for hydroxylation is 1. The number of carbonyl (C=O) groups is 1. The average molecular weight is 427 g/mol. The van der Waals surface area contributed by atoms with Gasteiger partial charge in [-0.2, -0.15) is 4.31 Å². The van der Waals surface area contributed by atoms with Crippen molar-refractivity contribution in [2.45, 2.75) is 31.3 Å². The Morgan fingerprint density at radius 2 is 2.21 bits per heavy atom. The molecule has 1 saturated heterocycles. The number of sulfonamides is 1. The van der Waals surface area contributed by atoms with Crippen LogP contribution in [0.3, 0.4) is 0 Å². The molecule has 1 amide bonds. The molecule has 0 aliphatic carbocycles. The van der Waals surface area contributed by atoms with E-state index in [1.54, 1.807) is 22.8 Å². The van der Waals surface area contributed by atoms with Crippen molar-refractivity contribution in [1.82, 2.24) is 13.9 Å². The molecule has 0 spiro atoms. The molecule has 1 aliphatic heterocycles. The molecule has 1 atom stereocenters. The lowest BCUT2D eigenvalue weighted by Gasteiger charge is -2.30. The molecule has 0 saturated carbocycles. The zero-order valence-corrected chi connectivity index (χ0v) is 17.3. The number of piperidine rings is 1. The van der Waals surface area contributed by atoms with Crippen molar-refractivity contribution in [2.75, 3.05) is 25.5 Å². The molecule has 1 aromatic heterocycles. The van der Waals surface area contributed by atoms with E-state index in [9.17, 15) is 13.2 Å². The first-order valence-corrected chi connectivity index (χ1v) is 10.8. The molecular weight excluding hydrogens is 404 g/mol. The van der Waals surface area contributed by atoms with Gasteiger partial charge in [-0.1, -0.05) is 11.6 Å². The second-order valence-corrected chi connectivity index (χ2v) is 8.88. The number of hydrogen-bond acceptors (Lipinski definition) is 5. The van der Waals surface area contributed by atoms with E-state index in [1.165, 1.54) is 23.9 Å². The number of anilines is 1. The van der Waals surface area contributed by atoms with E-state index < -0.39 is 15.9 Å². The summed E-state index contributed by atoms with van der Waals surface area (Å²) in [5.41, 5.74) is 0.539. The van der Waals surface area contributed by atoms with Crippen LogP contribution < -0.4 is 10.1 Å². The summed E-state index contributed by atoms with van der Waals surface area (Å²) in [5.74, 6) is -0.168. The summed E-state index contributed by atoms with van der Waals surface area (Å²) in [6.07, 6.45) is 4.23. The third kappa shape index (κ3) is 4.31. The minimum absolute atomic E-state index is 0.0114. The third-order valence-corrected chi connectivity index (χ3v) is 6.80. The summed E-state index contributed by atoms with van der Waals surface area (Å²) in [7, 11) is -2.21.